The first-order valence-electron chi connectivity index (χ1n) is 10.3. The summed E-state index contributed by atoms with van der Waals surface area (Å²) in [6.07, 6.45) is 4.48. The number of hydrogen-bond donors (Lipinski definition) is 0. The molecular formula is C22H29ClN2O3. The summed E-state index contributed by atoms with van der Waals surface area (Å²) in [5.74, 6) is 0.515. The molecule has 1 aliphatic carbocycles. The van der Waals surface area contributed by atoms with Crippen molar-refractivity contribution in [3.63, 3.8) is 0 Å². The second kappa shape index (κ2) is 7.25. The Hall–Kier alpha value is -1.75. The molecule has 2 fully saturated rings. The van der Waals surface area contributed by atoms with Crippen LogP contribution in [0.1, 0.15) is 69.2 Å². The fourth-order valence-corrected chi connectivity index (χ4v) is 4.65. The van der Waals surface area contributed by atoms with Crippen LogP contribution in [-0.2, 0) is 22.5 Å². The Bertz CT molecular complexity index is 798. The highest BCUT2D eigenvalue weighted by Crippen LogP contribution is 2.40. The number of carbonyl (C=O) groups is 2. The monoisotopic (exact) mass is 404 g/mol. The number of hydrogen-bond acceptors (Lipinski definition) is 3. The summed E-state index contributed by atoms with van der Waals surface area (Å²) in [5, 5.41) is 0.672. The number of benzene rings is 1. The van der Waals surface area contributed by atoms with Gasteiger partial charge in [0.2, 0.25) is 5.91 Å². The zero-order chi connectivity index (χ0) is 20.1. The molecule has 1 saturated carbocycles. The van der Waals surface area contributed by atoms with Gasteiger partial charge in [0, 0.05) is 30.6 Å². The highest BCUT2D eigenvalue weighted by molar-refractivity contribution is 6.30. The van der Waals surface area contributed by atoms with Gasteiger partial charge in [-0.3, -0.25) is 4.79 Å². The molecule has 0 N–H and O–H groups in total. The lowest BCUT2D eigenvalue weighted by Gasteiger charge is -2.34. The molecule has 2 amide bonds. The maximum absolute atomic E-state index is 12.7. The predicted molar refractivity (Wildman–Crippen MR) is 108 cm³/mol. The van der Waals surface area contributed by atoms with Crippen molar-refractivity contribution in [3.05, 3.63) is 33.8 Å². The van der Waals surface area contributed by atoms with Crippen molar-refractivity contribution in [1.29, 1.82) is 0 Å². The van der Waals surface area contributed by atoms with Crippen LogP contribution in [0, 0.1) is 5.92 Å². The van der Waals surface area contributed by atoms with Gasteiger partial charge in [-0.15, -0.1) is 0 Å². The van der Waals surface area contributed by atoms with Crippen LogP contribution in [0.15, 0.2) is 12.1 Å². The van der Waals surface area contributed by atoms with E-state index in [-0.39, 0.29) is 24.0 Å². The summed E-state index contributed by atoms with van der Waals surface area (Å²) in [6.45, 7) is 7.74. The first-order valence-corrected chi connectivity index (χ1v) is 10.7. The van der Waals surface area contributed by atoms with Crippen molar-refractivity contribution < 1.29 is 14.3 Å². The van der Waals surface area contributed by atoms with Gasteiger partial charge in [-0.2, -0.15) is 0 Å². The lowest BCUT2D eigenvalue weighted by atomic mass is 9.89. The third-order valence-electron chi connectivity index (χ3n) is 5.81. The van der Waals surface area contributed by atoms with Gasteiger partial charge in [0.1, 0.15) is 5.60 Å². The second-order valence-corrected chi connectivity index (χ2v) is 9.68. The Balaban J connectivity index is 1.60. The maximum atomic E-state index is 12.7. The number of carbonyl (C=O) groups excluding carboxylic acids is 2. The summed E-state index contributed by atoms with van der Waals surface area (Å²) >= 11 is 6.46. The fourth-order valence-electron chi connectivity index (χ4n) is 4.40. The molecule has 2 heterocycles. The molecule has 0 aromatic heterocycles. The van der Waals surface area contributed by atoms with Crippen LogP contribution in [-0.4, -0.2) is 40.5 Å². The van der Waals surface area contributed by atoms with Crippen molar-refractivity contribution in [2.75, 3.05) is 13.1 Å². The third-order valence-corrected chi connectivity index (χ3v) is 6.03. The molecule has 1 atom stereocenters. The molecule has 5 nitrogen and oxygen atoms in total. The lowest BCUT2D eigenvalue weighted by Crippen LogP contribution is -2.39. The number of amides is 2. The van der Waals surface area contributed by atoms with Gasteiger partial charge in [0.25, 0.3) is 0 Å². The number of fused-ring (bicyclic) bond motifs is 1. The average Bonchev–Trinajstić information content (AvgIpc) is 3.34. The Morgan fingerprint density at radius 2 is 1.89 bits per heavy atom. The Labute approximate surface area is 172 Å². The van der Waals surface area contributed by atoms with E-state index in [0.29, 0.717) is 18.1 Å². The van der Waals surface area contributed by atoms with Crippen molar-refractivity contribution >= 4 is 23.6 Å². The number of rotatable bonds is 2. The quantitative estimate of drug-likeness (QED) is 0.717. The second-order valence-electron chi connectivity index (χ2n) is 9.25. The Morgan fingerprint density at radius 3 is 2.57 bits per heavy atom. The zero-order valence-electron chi connectivity index (χ0n) is 17.0. The summed E-state index contributed by atoms with van der Waals surface area (Å²) in [5.41, 5.74) is 3.00. The molecule has 0 bridgehead atoms. The van der Waals surface area contributed by atoms with E-state index in [1.165, 1.54) is 5.56 Å². The molecule has 152 valence electrons. The molecule has 28 heavy (non-hydrogen) atoms. The molecule has 1 saturated heterocycles. The van der Waals surface area contributed by atoms with Crippen LogP contribution in [0.4, 0.5) is 4.79 Å². The van der Waals surface area contributed by atoms with Crippen LogP contribution in [0.5, 0.6) is 0 Å². The van der Waals surface area contributed by atoms with Gasteiger partial charge in [-0.25, -0.2) is 4.79 Å². The molecule has 1 aromatic rings. The SMILES string of the molecule is CC(C)(C)OC(=O)N1CCCC1c1cc(Cl)cc2c1CCN(C(=O)C1CC1)C2. The van der Waals surface area contributed by atoms with Gasteiger partial charge in [-0.05, 0) is 81.7 Å². The number of ether oxygens (including phenoxy) is 1. The van der Waals surface area contributed by atoms with Crippen molar-refractivity contribution in [3.8, 4) is 0 Å². The number of likely N-dealkylation sites (tertiary alicyclic amines) is 1. The van der Waals surface area contributed by atoms with E-state index in [0.717, 1.165) is 49.8 Å². The molecule has 0 spiro atoms. The lowest BCUT2D eigenvalue weighted by molar-refractivity contribution is -0.133. The van der Waals surface area contributed by atoms with Crippen LogP contribution >= 0.6 is 11.6 Å². The highest BCUT2D eigenvalue weighted by Gasteiger charge is 2.38. The third kappa shape index (κ3) is 4.00. The summed E-state index contributed by atoms with van der Waals surface area (Å²) < 4.78 is 5.63. The summed E-state index contributed by atoms with van der Waals surface area (Å²) in [4.78, 5) is 29.1. The van der Waals surface area contributed by atoms with Gasteiger partial charge in [0.05, 0.1) is 6.04 Å². The molecule has 1 aromatic carbocycles. The van der Waals surface area contributed by atoms with Crippen LogP contribution in [0.3, 0.4) is 0 Å². The Morgan fingerprint density at radius 1 is 1.14 bits per heavy atom. The average molecular weight is 405 g/mol. The number of nitrogens with zero attached hydrogens (tertiary/aromatic N) is 2. The first-order chi connectivity index (χ1) is 13.2. The van der Waals surface area contributed by atoms with E-state index < -0.39 is 5.60 Å². The summed E-state index contributed by atoms with van der Waals surface area (Å²) in [6, 6.07) is 3.99. The topological polar surface area (TPSA) is 49.9 Å². The van der Waals surface area contributed by atoms with E-state index in [1.807, 2.05) is 42.7 Å². The smallest absolute Gasteiger partial charge is 0.410 e. The van der Waals surface area contributed by atoms with Crippen molar-refractivity contribution in [2.24, 2.45) is 5.92 Å². The molecular weight excluding hydrogens is 376 g/mol. The molecule has 3 aliphatic rings. The largest absolute Gasteiger partial charge is 0.444 e. The molecule has 6 heteroatoms. The minimum Gasteiger partial charge on any atom is -0.444 e. The van der Waals surface area contributed by atoms with Crippen molar-refractivity contribution in [2.45, 2.75) is 71.1 Å². The van der Waals surface area contributed by atoms with Crippen LogP contribution in [0.25, 0.3) is 0 Å². The maximum Gasteiger partial charge on any atom is 0.410 e. The predicted octanol–water partition coefficient (Wildman–Crippen LogP) is 4.71. The summed E-state index contributed by atoms with van der Waals surface area (Å²) in [7, 11) is 0. The standard InChI is InChI=1S/C22H29ClN2O3/c1-22(2,3)28-21(27)25-9-4-5-19(25)18-12-16(23)11-15-13-24(10-8-17(15)18)20(26)14-6-7-14/h11-12,14,19H,4-10,13H2,1-3H3. The van der Waals surface area contributed by atoms with Crippen LogP contribution in [0.2, 0.25) is 5.02 Å². The van der Waals surface area contributed by atoms with Gasteiger partial charge < -0.3 is 14.5 Å². The zero-order valence-corrected chi connectivity index (χ0v) is 17.7. The molecule has 1 unspecified atom stereocenters. The van der Waals surface area contributed by atoms with Gasteiger partial charge in [0.15, 0.2) is 0 Å². The molecule has 0 radical (unpaired) electrons. The van der Waals surface area contributed by atoms with Gasteiger partial charge >= 0.3 is 6.09 Å². The first kappa shape index (κ1) is 19.6. The van der Waals surface area contributed by atoms with E-state index >= 15 is 0 Å². The van der Waals surface area contributed by atoms with E-state index in [9.17, 15) is 9.59 Å². The minimum atomic E-state index is -0.512. The fraction of sp³-hybridized carbons (Fsp3) is 0.636. The van der Waals surface area contributed by atoms with E-state index in [1.54, 1.807) is 0 Å². The van der Waals surface area contributed by atoms with Crippen molar-refractivity contribution in [1.82, 2.24) is 9.80 Å². The van der Waals surface area contributed by atoms with E-state index in [2.05, 4.69) is 0 Å². The van der Waals surface area contributed by atoms with Crippen LogP contribution < -0.4 is 0 Å². The highest BCUT2D eigenvalue weighted by atomic mass is 35.5. The Kier molecular flexibility index (Phi) is 5.07. The minimum absolute atomic E-state index is 0.00650. The normalized spacial score (nSPS) is 22.2. The molecule has 2 aliphatic heterocycles. The van der Waals surface area contributed by atoms with Gasteiger partial charge in [-0.1, -0.05) is 11.6 Å². The number of halogens is 1. The van der Waals surface area contributed by atoms with E-state index in [4.69, 9.17) is 16.3 Å². The molecule has 4 rings (SSSR count).